The van der Waals surface area contributed by atoms with Crippen molar-refractivity contribution >= 4 is 0 Å². The second-order valence-electron chi connectivity index (χ2n) is 26.7. The lowest BCUT2D eigenvalue weighted by Crippen LogP contribution is -2.67. The summed E-state index contributed by atoms with van der Waals surface area (Å²) >= 11 is 0. The van der Waals surface area contributed by atoms with Gasteiger partial charge in [0.2, 0.25) is 0 Å². The summed E-state index contributed by atoms with van der Waals surface area (Å²) < 4.78 is 66.9. The van der Waals surface area contributed by atoms with E-state index in [2.05, 4.69) is 20.8 Å². The van der Waals surface area contributed by atoms with Crippen LogP contribution >= 0.6 is 0 Å². The molecule has 480 valence electrons. The third kappa shape index (κ3) is 12.1. The lowest BCUT2D eigenvalue weighted by atomic mass is 9.44. The van der Waals surface area contributed by atoms with E-state index in [1.165, 1.54) is 6.92 Å². The van der Waals surface area contributed by atoms with Gasteiger partial charge < -0.3 is 134 Å². The first-order valence-corrected chi connectivity index (χ1v) is 30.1. The van der Waals surface area contributed by atoms with E-state index in [9.17, 15) is 81.7 Å². The lowest BCUT2D eigenvalue weighted by Gasteiger charge is -2.61. The Kier molecular flexibility index (Phi) is 20.1. The van der Waals surface area contributed by atoms with Gasteiger partial charge in [-0.25, -0.2) is 0 Å². The molecule has 4 aliphatic carbocycles. The maximum absolute atomic E-state index is 12.5. The van der Waals surface area contributed by atoms with E-state index in [0.717, 1.165) is 38.5 Å². The molecule has 0 aromatic carbocycles. The van der Waals surface area contributed by atoms with Crippen molar-refractivity contribution in [2.75, 3.05) is 33.0 Å². The van der Waals surface area contributed by atoms with E-state index in [0.29, 0.717) is 43.4 Å². The summed E-state index contributed by atoms with van der Waals surface area (Å²) in [7, 11) is 0. The third-order valence-electron chi connectivity index (χ3n) is 21.8. The van der Waals surface area contributed by atoms with Crippen molar-refractivity contribution in [3.8, 4) is 0 Å². The molecule has 4 saturated carbocycles. The van der Waals surface area contributed by atoms with E-state index >= 15 is 0 Å². The van der Waals surface area contributed by atoms with Crippen LogP contribution in [0.1, 0.15) is 98.8 Å². The van der Waals surface area contributed by atoms with E-state index < -0.39 is 186 Å². The van der Waals surface area contributed by atoms with Gasteiger partial charge in [0, 0.05) is 12.3 Å². The maximum Gasteiger partial charge on any atom is 0.187 e. The summed E-state index contributed by atoms with van der Waals surface area (Å²) in [5.74, 6) is -0.170. The van der Waals surface area contributed by atoms with Gasteiger partial charge in [-0.05, 0) is 111 Å². The highest BCUT2D eigenvalue weighted by atomic mass is 16.8. The molecule has 27 nitrogen and oxygen atoms in total. The van der Waals surface area contributed by atoms with Crippen LogP contribution in [0.15, 0.2) is 0 Å². The molecule has 0 amide bonds. The Labute approximate surface area is 482 Å². The van der Waals surface area contributed by atoms with Crippen LogP contribution in [0.25, 0.3) is 0 Å². The fraction of sp³-hybridized carbons (Fsp3) is 1.00. The normalized spacial score (nSPS) is 55.9. The second kappa shape index (κ2) is 25.7. The molecule has 0 aromatic rings. The van der Waals surface area contributed by atoms with E-state index in [1.54, 1.807) is 0 Å². The third-order valence-corrected chi connectivity index (χ3v) is 21.8. The zero-order valence-corrected chi connectivity index (χ0v) is 47.8. The molecule has 27 heteroatoms. The summed E-state index contributed by atoms with van der Waals surface area (Å²) in [6.07, 6.45) is -31.1. The highest BCUT2D eigenvalue weighted by molar-refractivity contribution is 5.15. The number of aliphatic hydroxyl groups is 16. The number of hydrogen-bond acceptors (Lipinski definition) is 27. The number of rotatable bonds is 17. The zero-order chi connectivity index (χ0) is 59.9. The molecule has 0 spiro atoms. The fourth-order valence-electron chi connectivity index (χ4n) is 16.7. The van der Waals surface area contributed by atoms with Crippen LogP contribution in [0.3, 0.4) is 0 Å². The first kappa shape index (κ1) is 64.9. The Bertz CT molecular complexity index is 2120. The molecular formula is C56H94O27. The van der Waals surface area contributed by atoms with Crippen LogP contribution in [0.2, 0.25) is 0 Å². The van der Waals surface area contributed by atoms with Crippen molar-refractivity contribution in [2.24, 2.45) is 52.3 Å². The Morgan fingerprint density at radius 3 is 1.81 bits per heavy atom. The summed E-state index contributed by atoms with van der Waals surface area (Å²) in [5.41, 5.74) is -0.177. The Hall–Kier alpha value is -1.08. The van der Waals surface area contributed by atoms with Crippen molar-refractivity contribution in [3.05, 3.63) is 0 Å². The van der Waals surface area contributed by atoms with Gasteiger partial charge in [-0.15, -0.1) is 0 Å². The Morgan fingerprint density at radius 2 is 1.13 bits per heavy atom. The van der Waals surface area contributed by atoms with Gasteiger partial charge >= 0.3 is 0 Å². The molecule has 10 rings (SSSR count). The van der Waals surface area contributed by atoms with Crippen molar-refractivity contribution in [2.45, 2.75) is 264 Å². The van der Waals surface area contributed by atoms with Crippen LogP contribution in [0.5, 0.6) is 0 Å². The minimum Gasteiger partial charge on any atom is -0.394 e. The average Bonchev–Trinajstić information content (AvgIpc) is 4.16. The van der Waals surface area contributed by atoms with Crippen LogP contribution in [-0.2, 0) is 52.1 Å². The first-order chi connectivity index (χ1) is 39.2. The predicted octanol–water partition coefficient (Wildman–Crippen LogP) is -4.46. The molecule has 10 fully saturated rings. The maximum atomic E-state index is 12.5. The SMILES string of the molecule is CC(CCC1(O)OC2CC3C4CCC5CC(OC6OC(COC7OC(C)C(O)C(O)C7O)C(OC7OCC(O)C(O)C7O)C(O)C6OC6OC(CO)C(O)C(O)C6O)CCC5(C)C4CCC3(C)C2C1C)COC1OC(CO)C(O)C(O)C1O. The molecule has 6 saturated heterocycles. The van der Waals surface area contributed by atoms with Crippen molar-refractivity contribution in [1.29, 1.82) is 0 Å². The molecule has 6 aliphatic heterocycles. The van der Waals surface area contributed by atoms with Gasteiger partial charge in [-0.3, -0.25) is 0 Å². The standard InChI is InChI=1S/C56H94O27/c1-21(18-73-50-44(69)40(65)37(62)31(16-57)78-50)8-13-56(72)22(2)34-30(83-56)15-28-26-7-6-24-14-25(9-11-54(24,4)27(26)10-12-55(28,34)5)77-53-48(82-52-45(70)41(66)38(63)32(17-58)79-52)46(71)47(81-51-42(67)36(61)29(59)19-74-51)33(80-53)20-75-49-43(68)39(64)35(60)23(3)76-49/h21-53,57-72H,6-20H2,1-5H3. The summed E-state index contributed by atoms with van der Waals surface area (Å²) in [5, 5.41) is 171. The van der Waals surface area contributed by atoms with Crippen LogP contribution in [0.4, 0.5) is 0 Å². The number of aliphatic hydroxyl groups excluding tert-OH is 15. The average molecular weight is 1200 g/mol. The molecular weight excluding hydrogens is 1100 g/mol. The van der Waals surface area contributed by atoms with Gasteiger partial charge in [0.25, 0.3) is 0 Å². The van der Waals surface area contributed by atoms with Crippen LogP contribution in [-0.4, -0.2) is 280 Å². The van der Waals surface area contributed by atoms with Gasteiger partial charge in [0.05, 0.1) is 51.3 Å². The molecule has 36 atom stereocenters. The van der Waals surface area contributed by atoms with E-state index in [4.69, 9.17) is 52.1 Å². The Balaban J connectivity index is 0.817. The van der Waals surface area contributed by atoms with Gasteiger partial charge in [-0.2, -0.15) is 0 Å². The van der Waals surface area contributed by atoms with Crippen molar-refractivity contribution in [1.82, 2.24) is 0 Å². The summed E-state index contributed by atoms with van der Waals surface area (Å²) in [6, 6.07) is 0. The largest absolute Gasteiger partial charge is 0.394 e. The highest BCUT2D eigenvalue weighted by Crippen LogP contribution is 2.71. The molecule has 6 heterocycles. The fourth-order valence-corrected chi connectivity index (χ4v) is 16.7. The Morgan fingerprint density at radius 1 is 0.542 bits per heavy atom. The zero-order valence-electron chi connectivity index (χ0n) is 47.8. The molecule has 10 aliphatic rings. The van der Waals surface area contributed by atoms with Crippen molar-refractivity contribution < 1.29 is 134 Å². The summed E-state index contributed by atoms with van der Waals surface area (Å²) in [4.78, 5) is 0. The topological polar surface area (TPSA) is 425 Å². The quantitative estimate of drug-likeness (QED) is 0.0611. The minimum atomic E-state index is -1.92. The number of ether oxygens (including phenoxy) is 11. The van der Waals surface area contributed by atoms with Crippen LogP contribution in [0, 0.1) is 52.3 Å². The van der Waals surface area contributed by atoms with Gasteiger partial charge in [0.1, 0.15) is 110 Å². The van der Waals surface area contributed by atoms with Gasteiger partial charge in [0.15, 0.2) is 37.2 Å². The number of hydrogen-bond donors (Lipinski definition) is 16. The summed E-state index contributed by atoms with van der Waals surface area (Å²) in [6.45, 7) is 8.00. The van der Waals surface area contributed by atoms with Crippen LogP contribution < -0.4 is 0 Å². The van der Waals surface area contributed by atoms with Crippen molar-refractivity contribution in [3.63, 3.8) is 0 Å². The number of fused-ring (bicyclic) bond motifs is 7. The molecule has 0 radical (unpaired) electrons. The second-order valence-corrected chi connectivity index (χ2v) is 26.7. The smallest absolute Gasteiger partial charge is 0.187 e. The first-order valence-electron chi connectivity index (χ1n) is 30.1. The minimum absolute atomic E-state index is 0.0865. The monoisotopic (exact) mass is 1200 g/mol. The van der Waals surface area contributed by atoms with Gasteiger partial charge in [-0.1, -0.05) is 27.7 Å². The predicted molar refractivity (Wildman–Crippen MR) is 277 cm³/mol. The molecule has 83 heavy (non-hydrogen) atoms. The van der Waals surface area contributed by atoms with E-state index in [-0.39, 0.29) is 47.2 Å². The molecule has 0 bridgehead atoms. The van der Waals surface area contributed by atoms with E-state index in [1.807, 2.05) is 6.92 Å². The lowest BCUT2D eigenvalue weighted by molar-refractivity contribution is -0.392. The highest BCUT2D eigenvalue weighted by Gasteiger charge is 2.69. The molecule has 16 N–H and O–H groups in total. The molecule has 36 unspecified atom stereocenters. The molecule has 0 aromatic heterocycles.